The molecule has 0 aliphatic heterocycles. The summed E-state index contributed by atoms with van der Waals surface area (Å²) in [4.78, 5) is 0. The Kier molecular flexibility index (Phi) is 2.72. The zero-order chi connectivity index (χ0) is 5.66. The van der Waals surface area contributed by atoms with Gasteiger partial charge in [-0.25, -0.2) is 0 Å². The molecule has 0 amide bonds. The van der Waals surface area contributed by atoms with Crippen molar-refractivity contribution in [1.82, 2.24) is 0 Å². The molecule has 0 aromatic carbocycles. The van der Waals surface area contributed by atoms with E-state index in [1.165, 1.54) is 32.1 Å². The van der Waals surface area contributed by atoms with Gasteiger partial charge >= 0.3 is 0 Å². The van der Waals surface area contributed by atoms with Crippen LogP contribution in [0.15, 0.2) is 12.2 Å². The fourth-order valence-corrected chi connectivity index (χ4v) is 0.974. The molecule has 0 saturated heterocycles. The monoisotopic (exact) mass is 109 g/mol. The van der Waals surface area contributed by atoms with Crippen LogP contribution in [-0.4, -0.2) is 0 Å². The Bertz CT molecular complexity index is 62.1. The van der Waals surface area contributed by atoms with Crippen molar-refractivity contribution in [3.8, 4) is 0 Å². The Morgan fingerprint density at radius 1 is 0.750 bits per heavy atom. The summed E-state index contributed by atoms with van der Waals surface area (Å²) in [6, 6.07) is 0. The van der Waals surface area contributed by atoms with E-state index < -0.39 is 0 Å². The minimum absolute atomic E-state index is 1.26. The molecule has 0 spiro atoms. The zero-order valence-electron chi connectivity index (χ0n) is 5.27. The molecule has 1 rings (SSSR count). The molecule has 0 heterocycles. The van der Waals surface area contributed by atoms with Crippen LogP contribution in [0.25, 0.3) is 0 Å². The lowest BCUT2D eigenvalue weighted by Gasteiger charge is -1.99. The van der Waals surface area contributed by atoms with Gasteiger partial charge in [-0.05, 0) is 38.5 Å². The minimum atomic E-state index is 1.26. The zero-order valence-corrected chi connectivity index (χ0v) is 5.27. The Balaban J connectivity index is 2.17. The van der Waals surface area contributed by atoms with Crippen molar-refractivity contribution >= 4 is 0 Å². The van der Waals surface area contributed by atoms with Crippen molar-refractivity contribution < 1.29 is 0 Å². The largest absolute Gasteiger partial charge is 0.0885 e. The summed E-state index contributed by atoms with van der Waals surface area (Å²) >= 11 is 0. The Labute approximate surface area is 51.6 Å². The average molecular weight is 109 g/mol. The van der Waals surface area contributed by atoms with Gasteiger partial charge in [-0.3, -0.25) is 0 Å². The molecule has 0 bridgehead atoms. The van der Waals surface area contributed by atoms with Crippen molar-refractivity contribution in [3.63, 3.8) is 0 Å². The quantitative estimate of drug-likeness (QED) is 0.419. The maximum atomic E-state index is 2.39. The van der Waals surface area contributed by atoms with Crippen LogP contribution in [0.5, 0.6) is 0 Å². The summed E-state index contributed by atoms with van der Waals surface area (Å²) in [5.74, 6) is 0. The molecule has 0 nitrogen and oxygen atoms in total. The first-order chi connectivity index (χ1) is 4.00. The first-order valence-electron chi connectivity index (χ1n) is 3.47. The molecule has 0 atom stereocenters. The van der Waals surface area contributed by atoms with Crippen LogP contribution in [0.1, 0.15) is 32.1 Å². The maximum Gasteiger partial charge on any atom is -0.0348 e. The number of rotatable bonds is 0. The highest BCUT2D eigenvalue weighted by Crippen LogP contribution is 2.08. The van der Waals surface area contributed by atoms with E-state index in [-0.39, 0.29) is 0 Å². The van der Waals surface area contributed by atoms with Crippen LogP contribution in [0.2, 0.25) is 0 Å². The third-order valence-corrected chi connectivity index (χ3v) is 1.48. The highest BCUT2D eigenvalue weighted by Gasteiger charge is 1.90. The van der Waals surface area contributed by atoms with Gasteiger partial charge in [0.2, 0.25) is 0 Å². The van der Waals surface area contributed by atoms with Gasteiger partial charge < -0.3 is 0 Å². The van der Waals surface area contributed by atoms with E-state index in [0.29, 0.717) is 0 Å². The highest BCUT2D eigenvalue weighted by molar-refractivity contribution is 4.86. The average Bonchev–Trinajstić information content (AvgIpc) is 1.62. The van der Waals surface area contributed by atoms with Gasteiger partial charge in [-0.2, -0.15) is 0 Å². The van der Waals surface area contributed by atoms with E-state index in [2.05, 4.69) is 18.6 Å². The van der Waals surface area contributed by atoms with Crippen molar-refractivity contribution in [1.29, 1.82) is 0 Å². The maximum absolute atomic E-state index is 2.39. The van der Waals surface area contributed by atoms with Crippen molar-refractivity contribution in [2.24, 2.45) is 0 Å². The summed E-state index contributed by atoms with van der Waals surface area (Å²) in [6.45, 7) is 0. The molecule has 0 unspecified atom stereocenters. The van der Waals surface area contributed by atoms with E-state index in [9.17, 15) is 0 Å². The summed E-state index contributed by atoms with van der Waals surface area (Å²) < 4.78 is 0. The molecule has 8 heavy (non-hydrogen) atoms. The van der Waals surface area contributed by atoms with Gasteiger partial charge in [0.15, 0.2) is 0 Å². The first kappa shape index (κ1) is 5.87. The van der Waals surface area contributed by atoms with Gasteiger partial charge in [-0.15, -0.1) is 0 Å². The van der Waals surface area contributed by atoms with Crippen molar-refractivity contribution in [2.75, 3.05) is 0 Å². The lowest BCUT2D eigenvalue weighted by molar-refractivity contribution is 0.758. The van der Waals surface area contributed by atoms with Gasteiger partial charge in [0.1, 0.15) is 0 Å². The Hall–Kier alpha value is -0.260. The summed E-state index contributed by atoms with van der Waals surface area (Å²) in [7, 11) is 0. The van der Waals surface area contributed by atoms with E-state index in [0.717, 1.165) is 0 Å². The molecule has 1 aliphatic carbocycles. The van der Waals surface area contributed by atoms with E-state index in [1.807, 2.05) is 0 Å². The van der Waals surface area contributed by atoms with Crippen LogP contribution < -0.4 is 0 Å². The highest BCUT2D eigenvalue weighted by atomic mass is 14.0. The fourth-order valence-electron chi connectivity index (χ4n) is 0.974. The Morgan fingerprint density at radius 3 is 2.62 bits per heavy atom. The topological polar surface area (TPSA) is 0 Å². The van der Waals surface area contributed by atoms with Crippen LogP contribution in [0.3, 0.4) is 0 Å². The van der Waals surface area contributed by atoms with Gasteiger partial charge in [0.05, 0.1) is 0 Å². The van der Waals surface area contributed by atoms with Gasteiger partial charge in [0.25, 0.3) is 0 Å². The second-order valence-electron chi connectivity index (χ2n) is 2.27. The predicted molar refractivity (Wildman–Crippen MR) is 36.5 cm³/mol. The SMILES string of the molecule is [CH]1CCC=CCCC1. The minimum Gasteiger partial charge on any atom is -0.0885 e. The molecule has 0 N–H and O–H groups in total. The molecule has 0 heteroatoms. The van der Waals surface area contributed by atoms with Crippen LogP contribution in [0.4, 0.5) is 0 Å². The third kappa shape index (κ3) is 2.15. The molecule has 0 fully saturated rings. The fraction of sp³-hybridized carbons (Fsp3) is 0.625. The lowest BCUT2D eigenvalue weighted by Crippen LogP contribution is -1.81. The molecule has 1 radical (unpaired) electrons. The molecular formula is C8H13. The van der Waals surface area contributed by atoms with Gasteiger partial charge in [0, 0.05) is 0 Å². The summed E-state index contributed by atoms with van der Waals surface area (Å²) in [5, 5.41) is 0. The molecule has 0 saturated carbocycles. The van der Waals surface area contributed by atoms with E-state index >= 15 is 0 Å². The molecule has 0 aromatic rings. The normalized spacial score (nSPS) is 22.0. The van der Waals surface area contributed by atoms with Crippen LogP contribution in [-0.2, 0) is 0 Å². The van der Waals surface area contributed by atoms with Crippen LogP contribution in [0, 0.1) is 6.42 Å². The second kappa shape index (κ2) is 3.71. The number of hydrogen-bond donors (Lipinski definition) is 0. The summed E-state index contributed by atoms with van der Waals surface area (Å²) in [6.07, 6.45) is 13.5. The standard InChI is InChI=1S/C8H13/c1-2-4-6-8-7-5-3-1/h1-2,7H,3-6,8H2. The Morgan fingerprint density at radius 2 is 1.62 bits per heavy atom. The molecular weight excluding hydrogens is 96.1 g/mol. The molecule has 0 aromatic heterocycles. The number of hydrogen-bond acceptors (Lipinski definition) is 0. The van der Waals surface area contributed by atoms with Crippen molar-refractivity contribution in [3.05, 3.63) is 18.6 Å². The van der Waals surface area contributed by atoms with E-state index in [4.69, 9.17) is 0 Å². The number of allylic oxidation sites excluding steroid dienone is 2. The first-order valence-corrected chi connectivity index (χ1v) is 3.47. The van der Waals surface area contributed by atoms with Gasteiger partial charge in [-0.1, -0.05) is 12.2 Å². The predicted octanol–water partition coefficient (Wildman–Crippen LogP) is 2.71. The van der Waals surface area contributed by atoms with Crippen LogP contribution >= 0.6 is 0 Å². The van der Waals surface area contributed by atoms with Crippen molar-refractivity contribution in [2.45, 2.75) is 32.1 Å². The molecule has 45 valence electrons. The molecule has 1 aliphatic rings. The second-order valence-corrected chi connectivity index (χ2v) is 2.27. The summed E-state index contributed by atoms with van der Waals surface area (Å²) in [5.41, 5.74) is 0. The smallest absolute Gasteiger partial charge is 0.0348 e. The third-order valence-electron chi connectivity index (χ3n) is 1.48. The lowest BCUT2D eigenvalue weighted by atomic mass is 10.1. The van der Waals surface area contributed by atoms with E-state index in [1.54, 1.807) is 0 Å².